The first-order chi connectivity index (χ1) is 8.72. The highest BCUT2D eigenvalue weighted by atomic mass is 19.1. The summed E-state index contributed by atoms with van der Waals surface area (Å²) in [6, 6.07) is 6.42. The van der Waals surface area contributed by atoms with Crippen molar-refractivity contribution in [3.63, 3.8) is 0 Å². The second-order valence-electron chi connectivity index (χ2n) is 3.91. The van der Waals surface area contributed by atoms with Crippen LogP contribution in [0.1, 0.15) is 11.4 Å². The summed E-state index contributed by atoms with van der Waals surface area (Å²) in [6.07, 6.45) is 4.32. The van der Waals surface area contributed by atoms with Gasteiger partial charge in [-0.05, 0) is 12.1 Å². The Morgan fingerprint density at radius 3 is 3.00 bits per heavy atom. The van der Waals surface area contributed by atoms with Crippen LogP contribution >= 0.6 is 0 Å². The number of rotatable bonds is 4. The van der Waals surface area contributed by atoms with Crippen LogP contribution in [0.25, 0.3) is 0 Å². The van der Waals surface area contributed by atoms with Gasteiger partial charge in [-0.25, -0.2) is 9.37 Å². The van der Waals surface area contributed by atoms with E-state index in [1.807, 2.05) is 23.9 Å². The van der Waals surface area contributed by atoms with E-state index >= 15 is 0 Å². The van der Waals surface area contributed by atoms with Crippen molar-refractivity contribution < 1.29 is 4.39 Å². The molecule has 2 aromatic rings. The number of nitriles is 1. The van der Waals surface area contributed by atoms with Gasteiger partial charge in [-0.1, -0.05) is 6.07 Å². The molecule has 0 atom stereocenters. The number of benzene rings is 1. The lowest BCUT2D eigenvalue weighted by atomic mass is 10.2. The topological polar surface area (TPSA) is 53.6 Å². The minimum atomic E-state index is -0.500. The molecule has 18 heavy (non-hydrogen) atoms. The van der Waals surface area contributed by atoms with Gasteiger partial charge in [0.25, 0.3) is 0 Å². The molecule has 1 heterocycles. The molecule has 0 aliphatic heterocycles. The third-order valence-electron chi connectivity index (χ3n) is 2.71. The summed E-state index contributed by atoms with van der Waals surface area (Å²) in [5.41, 5.74) is 0.573. The van der Waals surface area contributed by atoms with Crippen LogP contribution in [-0.4, -0.2) is 16.1 Å². The molecule has 1 aromatic carbocycles. The van der Waals surface area contributed by atoms with Crippen LogP contribution in [0.3, 0.4) is 0 Å². The fourth-order valence-electron chi connectivity index (χ4n) is 1.73. The SMILES string of the molecule is Cn1ccnc1CCNc1cccc(F)c1C#N. The Morgan fingerprint density at radius 2 is 2.33 bits per heavy atom. The molecule has 1 N–H and O–H groups in total. The van der Waals surface area contributed by atoms with Crippen LogP contribution in [0.4, 0.5) is 10.1 Å². The zero-order chi connectivity index (χ0) is 13.0. The molecular weight excluding hydrogens is 231 g/mol. The maximum absolute atomic E-state index is 13.3. The summed E-state index contributed by atoms with van der Waals surface area (Å²) in [7, 11) is 1.92. The first kappa shape index (κ1) is 12.1. The van der Waals surface area contributed by atoms with Gasteiger partial charge in [0, 0.05) is 32.4 Å². The smallest absolute Gasteiger partial charge is 0.143 e. The number of aryl methyl sites for hydroxylation is 1. The number of aromatic nitrogens is 2. The molecule has 4 nitrogen and oxygen atoms in total. The van der Waals surface area contributed by atoms with Crippen LogP contribution in [0.2, 0.25) is 0 Å². The van der Waals surface area contributed by atoms with Gasteiger partial charge in [-0.3, -0.25) is 0 Å². The Hall–Kier alpha value is -2.35. The van der Waals surface area contributed by atoms with Gasteiger partial charge < -0.3 is 9.88 Å². The quantitative estimate of drug-likeness (QED) is 0.896. The first-order valence-corrected chi connectivity index (χ1v) is 5.61. The molecule has 0 saturated carbocycles. The second kappa shape index (κ2) is 5.32. The average Bonchev–Trinajstić information content (AvgIpc) is 2.75. The zero-order valence-electron chi connectivity index (χ0n) is 10.0. The third kappa shape index (κ3) is 2.48. The molecule has 2 rings (SSSR count). The number of anilines is 1. The molecular formula is C13H13FN4. The maximum atomic E-state index is 13.3. The van der Waals surface area contributed by atoms with E-state index in [0.717, 1.165) is 5.82 Å². The maximum Gasteiger partial charge on any atom is 0.143 e. The van der Waals surface area contributed by atoms with E-state index in [1.54, 1.807) is 18.3 Å². The summed E-state index contributed by atoms with van der Waals surface area (Å²) in [5, 5.41) is 11.9. The summed E-state index contributed by atoms with van der Waals surface area (Å²) in [6.45, 7) is 0.600. The zero-order valence-corrected chi connectivity index (χ0v) is 10.0. The Bertz CT molecular complexity index is 583. The van der Waals surface area contributed by atoms with Crippen molar-refractivity contribution in [2.75, 3.05) is 11.9 Å². The summed E-state index contributed by atoms with van der Waals surface area (Å²) in [5.74, 6) is 0.442. The number of hydrogen-bond donors (Lipinski definition) is 1. The lowest BCUT2D eigenvalue weighted by Gasteiger charge is -2.08. The Labute approximate surface area is 105 Å². The van der Waals surface area contributed by atoms with Crippen LogP contribution in [0, 0.1) is 17.1 Å². The van der Waals surface area contributed by atoms with Crippen LogP contribution in [0.15, 0.2) is 30.6 Å². The van der Waals surface area contributed by atoms with E-state index in [2.05, 4.69) is 10.3 Å². The summed E-state index contributed by atoms with van der Waals surface area (Å²) in [4.78, 5) is 4.19. The summed E-state index contributed by atoms with van der Waals surface area (Å²) >= 11 is 0. The second-order valence-corrected chi connectivity index (χ2v) is 3.91. The third-order valence-corrected chi connectivity index (χ3v) is 2.71. The van der Waals surface area contributed by atoms with Gasteiger partial charge in [-0.15, -0.1) is 0 Å². The molecule has 0 aliphatic rings. The van der Waals surface area contributed by atoms with E-state index in [-0.39, 0.29) is 5.56 Å². The van der Waals surface area contributed by atoms with Crippen molar-refractivity contribution in [2.45, 2.75) is 6.42 Å². The molecule has 5 heteroatoms. The van der Waals surface area contributed by atoms with Crippen molar-refractivity contribution in [1.29, 1.82) is 5.26 Å². The molecule has 0 fully saturated rings. The molecule has 0 unspecified atom stereocenters. The van der Waals surface area contributed by atoms with E-state index in [4.69, 9.17) is 5.26 Å². The van der Waals surface area contributed by atoms with Crippen molar-refractivity contribution in [3.8, 4) is 6.07 Å². The lowest BCUT2D eigenvalue weighted by Crippen LogP contribution is -2.09. The Balaban J connectivity index is 2.01. The summed E-state index contributed by atoms with van der Waals surface area (Å²) < 4.78 is 15.3. The highest BCUT2D eigenvalue weighted by molar-refractivity contribution is 5.57. The normalized spacial score (nSPS) is 10.1. The Kier molecular flexibility index (Phi) is 3.58. The molecule has 0 spiro atoms. The van der Waals surface area contributed by atoms with E-state index in [0.29, 0.717) is 18.7 Å². The predicted molar refractivity (Wildman–Crippen MR) is 66.5 cm³/mol. The Morgan fingerprint density at radius 1 is 1.50 bits per heavy atom. The first-order valence-electron chi connectivity index (χ1n) is 5.61. The van der Waals surface area contributed by atoms with Gasteiger partial charge >= 0.3 is 0 Å². The van der Waals surface area contributed by atoms with Crippen LogP contribution in [-0.2, 0) is 13.5 Å². The lowest BCUT2D eigenvalue weighted by molar-refractivity contribution is 0.624. The molecule has 0 amide bonds. The number of halogens is 1. The van der Waals surface area contributed by atoms with E-state index in [9.17, 15) is 4.39 Å². The van der Waals surface area contributed by atoms with Crippen molar-refractivity contribution in [3.05, 3.63) is 47.8 Å². The van der Waals surface area contributed by atoms with E-state index < -0.39 is 5.82 Å². The number of imidazole rings is 1. The minimum absolute atomic E-state index is 0.0531. The minimum Gasteiger partial charge on any atom is -0.383 e. The highest BCUT2D eigenvalue weighted by Gasteiger charge is 2.07. The molecule has 0 bridgehead atoms. The highest BCUT2D eigenvalue weighted by Crippen LogP contribution is 2.17. The van der Waals surface area contributed by atoms with Gasteiger partial charge in [0.15, 0.2) is 0 Å². The molecule has 0 aliphatic carbocycles. The van der Waals surface area contributed by atoms with Gasteiger partial charge in [0.2, 0.25) is 0 Å². The molecule has 0 saturated heterocycles. The fraction of sp³-hybridized carbons (Fsp3) is 0.231. The van der Waals surface area contributed by atoms with E-state index in [1.165, 1.54) is 6.07 Å². The standard InChI is InChI=1S/C13H13FN4/c1-18-8-7-17-13(18)5-6-16-12-4-2-3-11(14)10(12)9-15/h2-4,7-8,16H,5-6H2,1H3. The fourth-order valence-corrected chi connectivity index (χ4v) is 1.73. The predicted octanol–water partition coefficient (Wildman–Crippen LogP) is 2.09. The molecule has 1 aromatic heterocycles. The van der Waals surface area contributed by atoms with Crippen LogP contribution in [0.5, 0.6) is 0 Å². The average molecular weight is 244 g/mol. The molecule has 92 valence electrons. The monoisotopic (exact) mass is 244 g/mol. The van der Waals surface area contributed by atoms with Gasteiger partial charge in [0.05, 0.1) is 5.69 Å². The largest absolute Gasteiger partial charge is 0.383 e. The van der Waals surface area contributed by atoms with Crippen LogP contribution < -0.4 is 5.32 Å². The van der Waals surface area contributed by atoms with Crippen molar-refractivity contribution >= 4 is 5.69 Å². The molecule has 0 radical (unpaired) electrons. The number of nitrogens with zero attached hydrogens (tertiary/aromatic N) is 3. The van der Waals surface area contributed by atoms with Crippen molar-refractivity contribution in [1.82, 2.24) is 9.55 Å². The number of nitrogens with one attached hydrogen (secondary N) is 1. The van der Waals surface area contributed by atoms with Crippen molar-refractivity contribution in [2.24, 2.45) is 7.05 Å². The van der Waals surface area contributed by atoms with Gasteiger partial charge in [-0.2, -0.15) is 5.26 Å². The van der Waals surface area contributed by atoms with Gasteiger partial charge in [0.1, 0.15) is 23.3 Å². The number of hydrogen-bond acceptors (Lipinski definition) is 3.